The molecule has 156 valence electrons. The highest BCUT2D eigenvalue weighted by molar-refractivity contribution is 5.95. The van der Waals surface area contributed by atoms with Gasteiger partial charge in [0.05, 0.1) is 14.1 Å². The summed E-state index contributed by atoms with van der Waals surface area (Å²) in [6.45, 7) is -0.706. The average Bonchev–Trinajstić information content (AvgIpc) is 3.15. The SMILES string of the molecule is Cn1c(=O)n(CC(=O)[N+](C)(C)C(=O)O)c(=O)c2[nH]c(-c3ccc(C(=N)N)cc3)nc21. The van der Waals surface area contributed by atoms with Crippen LogP contribution in [-0.2, 0) is 18.4 Å². The molecule has 2 heterocycles. The van der Waals surface area contributed by atoms with Gasteiger partial charge in [-0.1, -0.05) is 24.3 Å². The van der Waals surface area contributed by atoms with Crippen molar-refractivity contribution in [1.82, 2.24) is 19.1 Å². The van der Waals surface area contributed by atoms with Gasteiger partial charge in [-0.25, -0.2) is 19.1 Å². The molecule has 12 nitrogen and oxygen atoms in total. The largest absolute Gasteiger partial charge is 0.520 e. The molecule has 2 amide bonds. The first-order chi connectivity index (χ1) is 13.9. The van der Waals surface area contributed by atoms with Crippen molar-refractivity contribution in [3.05, 3.63) is 50.7 Å². The van der Waals surface area contributed by atoms with Crippen LogP contribution in [0.15, 0.2) is 33.9 Å². The Bertz CT molecular complexity index is 1310. The summed E-state index contributed by atoms with van der Waals surface area (Å²) >= 11 is 0. The third-order valence-corrected chi connectivity index (χ3v) is 4.84. The summed E-state index contributed by atoms with van der Waals surface area (Å²) in [7, 11) is 3.70. The molecule has 0 atom stereocenters. The standard InChI is InChI=1S/C18H19N7O5/c1-23-15-12(21-14(22-15)10-6-4-9(5-7-10)13(19)20)16(27)24(17(23)28)8-11(26)25(2,3)18(29)30/h4-7H,8H2,1-3H3,(H4-,19,20,21,22,27,29,30)/p+1. The van der Waals surface area contributed by atoms with Crippen LogP contribution in [0.5, 0.6) is 0 Å². The molecule has 30 heavy (non-hydrogen) atoms. The van der Waals surface area contributed by atoms with Crippen molar-refractivity contribution in [2.75, 3.05) is 14.1 Å². The summed E-state index contributed by atoms with van der Waals surface area (Å²) in [6.07, 6.45) is -1.41. The number of nitrogens with zero attached hydrogens (tertiary/aromatic N) is 4. The van der Waals surface area contributed by atoms with Crippen molar-refractivity contribution in [3.8, 4) is 11.4 Å². The highest BCUT2D eigenvalue weighted by atomic mass is 16.4. The molecule has 5 N–H and O–H groups in total. The number of benzene rings is 1. The number of quaternary nitrogens is 1. The molecule has 0 radical (unpaired) electrons. The van der Waals surface area contributed by atoms with E-state index in [2.05, 4.69) is 9.97 Å². The molecule has 1 aromatic carbocycles. The zero-order valence-corrected chi connectivity index (χ0v) is 16.5. The van der Waals surface area contributed by atoms with Gasteiger partial charge in [0, 0.05) is 18.2 Å². The second-order valence-electron chi connectivity index (χ2n) is 7.14. The van der Waals surface area contributed by atoms with E-state index in [0.29, 0.717) is 21.5 Å². The van der Waals surface area contributed by atoms with E-state index in [1.807, 2.05) is 0 Å². The number of nitrogen functional groups attached to an aromatic ring is 1. The van der Waals surface area contributed by atoms with Gasteiger partial charge in [0.2, 0.25) is 0 Å². The third kappa shape index (κ3) is 3.28. The smallest absolute Gasteiger partial charge is 0.435 e. The number of hydrogen-bond donors (Lipinski definition) is 4. The predicted molar refractivity (Wildman–Crippen MR) is 107 cm³/mol. The van der Waals surface area contributed by atoms with E-state index in [1.54, 1.807) is 24.3 Å². The van der Waals surface area contributed by atoms with Crippen molar-refractivity contribution < 1.29 is 19.2 Å². The maximum Gasteiger partial charge on any atom is 0.520 e. The molecule has 0 aliphatic heterocycles. The first-order valence-electron chi connectivity index (χ1n) is 8.70. The van der Waals surface area contributed by atoms with Crippen LogP contribution in [0.1, 0.15) is 5.56 Å². The second-order valence-corrected chi connectivity index (χ2v) is 7.14. The Labute approximate surface area is 168 Å². The molecule has 0 aliphatic rings. The van der Waals surface area contributed by atoms with Crippen molar-refractivity contribution in [3.63, 3.8) is 0 Å². The zero-order valence-electron chi connectivity index (χ0n) is 16.5. The lowest BCUT2D eigenvalue weighted by atomic mass is 10.1. The first kappa shape index (κ1) is 20.7. The number of imide groups is 1. The number of amidine groups is 1. The van der Waals surface area contributed by atoms with E-state index >= 15 is 0 Å². The molecule has 3 aromatic rings. The predicted octanol–water partition coefficient (Wildman–Crippen LogP) is -0.345. The van der Waals surface area contributed by atoms with Gasteiger partial charge in [-0.05, 0) is 0 Å². The number of hydrogen-bond acceptors (Lipinski definition) is 6. The maximum absolute atomic E-state index is 12.8. The Morgan fingerprint density at radius 3 is 2.37 bits per heavy atom. The lowest BCUT2D eigenvalue weighted by Gasteiger charge is -2.19. The van der Waals surface area contributed by atoms with Gasteiger partial charge in [0.1, 0.15) is 23.7 Å². The van der Waals surface area contributed by atoms with E-state index < -0.39 is 34.3 Å². The van der Waals surface area contributed by atoms with E-state index in [9.17, 15) is 24.3 Å². The molecular formula is C18H20N7O5+. The fourth-order valence-corrected chi connectivity index (χ4v) is 2.75. The summed E-state index contributed by atoms with van der Waals surface area (Å²) in [5.74, 6) is -0.637. The third-order valence-electron chi connectivity index (χ3n) is 4.84. The number of likely N-dealkylation sites (N-methyl/N-ethyl adjacent to an activating group) is 1. The summed E-state index contributed by atoms with van der Waals surface area (Å²) in [5, 5.41) is 16.6. The molecular weight excluding hydrogens is 394 g/mol. The highest BCUT2D eigenvalue weighted by Crippen LogP contribution is 2.18. The summed E-state index contributed by atoms with van der Waals surface area (Å²) in [4.78, 5) is 56.3. The van der Waals surface area contributed by atoms with Crippen LogP contribution in [0, 0.1) is 5.41 Å². The van der Waals surface area contributed by atoms with Crippen LogP contribution in [0.4, 0.5) is 4.79 Å². The van der Waals surface area contributed by atoms with E-state index in [-0.39, 0.29) is 17.0 Å². The summed E-state index contributed by atoms with van der Waals surface area (Å²) in [5.41, 5.74) is 5.05. The molecule has 0 aliphatic carbocycles. The molecule has 0 saturated carbocycles. The Morgan fingerprint density at radius 1 is 1.23 bits per heavy atom. The van der Waals surface area contributed by atoms with Crippen LogP contribution >= 0.6 is 0 Å². The van der Waals surface area contributed by atoms with E-state index in [1.165, 1.54) is 7.05 Å². The maximum atomic E-state index is 12.8. The van der Waals surface area contributed by atoms with Gasteiger partial charge in [0.25, 0.3) is 5.56 Å². The molecule has 0 fully saturated rings. The Kier molecular flexibility index (Phi) is 4.88. The number of carboxylic acid groups (broad SMARTS) is 1. The minimum absolute atomic E-state index is 0.00354. The number of H-pyrrole nitrogens is 1. The Hall–Kier alpha value is -4.06. The molecule has 12 heteroatoms. The second kappa shape index (κ2) is 7.08. The topological polar surface area (TPSA) is 177 Å². The van der Waals surface area contributed by atoms with Crippen LogP contribution < -0.4 is 17.0 Å². The number of aromatic amines is 1. The minimum Gasteiger partial charge on any atom is -0.435 e. The fourth-order valence-electron chi connectivity index (χ4n) is 2.75. The number of rotatable bonds is 4. The summed E-state index contributed by atoms with van der Waals surface area (Å²) < 4.78 is 0.744. The average molecular weight is 414 g/mol. The van der Waals surface area contributed by atoms with Crippen LogP contribution in [-0.4, -0.2) is 60.6 Å². The van der Waals surface area contributed by atoms with Gasteiger partial charge in [-0.2, -0.15) is 9.28 Å². The van der Waals surface area contributed by atoms with E-state index in [4.69, 9.17) is 11.1 Å². The Balaban J connectivity index is 2.12. The van der Waals surface area contributed by atoms with Gasteiger partial charge >= 0.3 is 17.7 Å². The number of nitrogens with one attached hydrogen (secondary N) is 2. The highest BCUT2D eigenvalue weighted by Gasteiger charge is 2.36. The monoisotopic (exact) mass is 414 g/mol. The number of fused-ring (bicyclic) bond motifs is 1. The van der Waals surface area contributed by atoms with Gasteiger partial charge < -0.3 is 15.8 Å². The normalized spacial score (nSPS) is 11.6. The van der Waals surface area contributed by atoms with E-state index in [0.717, 1.165) is 18.7 Å². The summed E-state index contributed by atoms with van der Waals surface area (Å²) in [6, 6.07) is 6.54. The molecule has 0 saturated heterocycles. The lowest BCUT2D eigenvalue weighted by molar-refractivity contribution is -0.738. The number of imidazole rings is 1. The molecule has 0 unspecified atom stereocenters. The molecule has 0 bridgehead atoms. The number of amides is 2. The van der Waals surface area contributed by atoms with Crippen molar-refractivity contribution in [2.24, 2.45) is 12.8 Å². The van der Waals surface area contributed by atoms with Crippen LogP contribution in [0.25, 0.3) is 22.6 Å². The van der Waals surface area contributed by atoms with Gasteiger partial charge in [-0.3, -0.25) is 14.8 Å². The number of aromatic nitrogens is 4. The van der Waals surface area contributed by atoms with Crippen LogP contribution in [0.3, 0.4) is 0 Å². The molecule has 0 spiro atoms. The fraction of sp³-hybridized carbons (Fsp3) is 0.222. The number of nitrogens with two attached hydrogens (primary N) is 1. The molecule has 3 rings (SSSR count). The van der Waals surface area contributed by atoms with Gasteiger partial charge in [-0.15, -0.1) is 0 Å². The van der Waals surface area contributed by atoms with Crippen LogP contribution in [0.2, 0.25) is 0 Å². The first-order valence-corrected chi connectivity index (χ1v) is 8.70. The molecule has 2 aromatic heterocycles. The lowest BCUT2D eigenvalue weighted by Crippen LogP contribution is -2.53. The van der Waals surface area contributed by atoms with Crippen molar-refractivity contribution in [2.45, 2.75) is 6.54 Å². The Morgan fingerprint density at radius 2 is 1.83 bits per heavy atom. The zero-order chi connectivity index (χ0) is 22.4. The van der Waals surface area contributed by atoms with Gasteiger partial charge in [0.15, 0.2) is 5.65 Å². The van der Waals surface area contributed by atoms with Crippen molar-refractivity contribution in [1.29, 1.82) is 5.41 Å². The number of carbonyl (C=O) groups excluding carboxylic acids is 1. The minimum atomic E-state index is -1.41. The van der Waals surface area contributed by atoms with Crippen molar-refractivity contribution >= 4 is 29.0 Å². The number of carbonyl (C=O) groups is 2. The number of aryl methyl sites for hydroxylation is 1. The quantitative estimate of drug-likeness (QED) is 0.256.